The van der Waals surface area contributed by atoms with Crippen LogP contribution >= 0.6 is 0 Å². The highest BCUT2D eigenvalue weighted by Gasteiger charge is 2.31. The Balaban J connectivity index is 1.73. The van der Waals surface area contributed by atoms with Crippen molar-refractivity contribution >= 4 is 23.3 Å². The molecule has 1 aliphatic rings. The number of para-hydroxylation sites is 2. The second-order valence-electron chi connectivity index (χ2n) is 7.56. The lowest BCUT2D eigenvalue weighted by molar-refractivity contribution is -0.274. The molecule has 3 rings (SSSR count). The third-order valence-corrected chi connectivity index (χ3v) is 4.82. The fourth-order valence-electron chi connectivity index (χ4n) is 3.26. The molecule has 2 aromatic rings. The van der Waals surface area contributed by atoms with E-state index < -0.39 is 6.36 Å². The number of carbonyl (C=O) groups excluding carboxylic acids is 2. The van der Waals surface area contributed by atoms with Gasteiger partial charge in [-0.05, 0) is 36.2 Å². The van der Waals surface area contributed by atoms with Crippen LogP contribution in [0.5, 0.6) is 5.75 Å². The fraction of sp³-hybridized carbons (Fsp3) is 0.364. The van der Waals surface area contributed by atoms with Crippen LogP contribution in [0.2, 0.25) is 0 Å². The zero-order valence-corrected chi connectivity index (χ0v) is 17.3. The number of nitrogens with one attached hydrogen (secondary N) is 1. The number of anilines is 2. The normalized spacial score (nSPS) is 14.7. The van der Waals surface area contributed by atoms with Crippen LogP contribution in [0.4, 0.5) is 29.3 Å². The SMILES string of the molecule is CC(C)C(=O)Nc1ccccc1N1CCCN(Cc2ccc(OC(F)(F)F)cc2)C1=O. The van der Waals surface area contributed by atoms with Gasteiger partial charge in [-0.2, -0.15) is 0 Å². The molecule has 1 saturated heterocycles. The second kappa shape index (κ2) is 9.28. The molecule has 166 valence electrons. The summed E-state index contributed by atoms with van der Waals surface area (Å²) in [4.78, 5) is 28.5. The molecule has 1 heterocycles. The van der Waals surface area contributed by atoms with Gasteiger partial charge in [-0.15, -0.1) is 13.2 Å². The monoisotopic (exact) mass is 435 g/mol. The number of nitrogens with zero attached hydrogens (tertiary/aromatic N) is 2. The van der Waals surface area contributed by atoms with Crippen molar-refractivity contribution in [1.82, 2.24) is 4.90 Å². The fourth-order valence-corrected chi connectivity index (χ4v) is 3.26. The van der Waals surface area contributed by atoms with E-state index in [9.17, 15) is 22.8 Å². The van der Waals surface area contributed by atoms with Gasteiger partial charge in [0.2, 0.25) is 5.91 Å². The van der Waals surface area contributed by atoms with Gasteiger partial charge < -0.3 is 15.0 Å². The van der Waals surface area contributed by atoms with E-state index in [1.54, 1.807) is 47.9 Å². The van der Waals surface area contributed by atoms with Gasteiger partial charge >= 0.3 is 12.4 Å². The maximum absolute atomic E-state index is 13.1. The molecule has 0 aromatic heterocycles. The van der Waals surface area contributed by atoms with Crippen LogP contribution < -0.4 is 15.0 Å². The Morgan fingerprint density at radius 2 is 1.77 bits per heavy atom. The van der Waals surface area contributed by atoms with Crippen molar-refractivity contribution in [3.05, 3.63) is 54.1 Å². The summed E-state index contributed by atoms with van der Waals surface area (Å²) in [6.45, 7) is 4.86. The molecular weight excluding hydrogens is 411 g/mol. The summed E-state index contributed by atoms with van der Waals surface area (Å²) in [6.07, 6.45) is -4.03. The van der Waals surface area contributed by atoms with E-state index in [-0.39, 0.29) is 30.2 Å². The van der Waals surface area contributed by atoms with E-state index >= 15 is 0 Å². The first kappa shape index (κ1) is 22.5. The molecule has 6 nitrogen and oxygen atoms in total. The van der Waals surface area contributed by atoms with E-state index in [1.165, 1.54) is 24.3 Å². The Kier molecular flexibility index (Phi) is 6.72. The standard InChI is InChI=1S/C22H24F3N3O3/c1-15(2)20(29)26-18-6-3-4-7-19(18)28-13-5-12-27(21(28)30)14-16-8-10-17(11-9-16)31-22(23,24)25/h3-4,6-11,15H,5,12-14H2,1-2H3,(H,26,29). The predicted molar refractivity (Wildman–Crippen MR) is 111 cm³/mol. The summed E-state index contributed by atoms with van der Waals surface area (Å²) >= 11 is 0. The Bertz CT molecular complexity index is 930. The Morgan fingerprint density at radius 3 is 2.42 bits per heavy atom. The number of urea groups is 1. The summed E-state index contributed by atoms with van der Waals surface area (Å²) in [5.41, 5.74) is 1.86. The smallest absolute Gasteiger partial charge is 0.406 e. The lowest BCUT2D eigenvalue weighted by Crippen LogP contribution is -2.49. The first-order valence-corrected chi connectivity index (χ1v) is 9.95. The highest BCUT2D eigenvalue weighted by atomic mass is 19.4. The third-order valence-electron chi connectivity index (χ3n) is 4.82. The van der Waals surface area contributed by atoms with E-state index in [4.69, 9.17) is 0 Å². The van der Waals surface area contributed by atoms with Gasteiger partial charge in [-0.25, -0.2) is 4.79 Å². The quantitative estimate of drug-likeness (QED) is 0.694. The molecule has 1 aliphatic heterocycles. The molecule has 0 aliphatic carbocycles. The second-order valence-corrected chi connectivity index (χ2v) is 7.56. The maximum atomic E-state index is 13.1. The highest BCUT2D eigenvalue weighted by Crippen LogP contribution is 2.30. The summed E-state index contributed by atoms with van der Waals surface area (Å²) in [5.74, 6) is -0.654. The number of benzene rings is 2. The van der Waals surface area contributed by atoms with Crippen molar-refractivity contribution in [2.24, 2.45) is 5.92 Å². The minimum Gasteiger partial charge on any atom is -0.406 e. The molecule has 2 aromatic carbocycles. The minimum absolute atomic E-state index is 0.144. The summed E-state index contributed by atoms with van der Waals surface area (Å²) in [5, 5.41) is 2.86. The van der Waals surface area contributed by atoms with Crippen molar-refractivity contribution in [2.45, 2.75) is 33.2 Å². The van der Waals surface area contributed by atoms with Gasteiger partial charge in [0.25, 0.3) is 0 Å². The number of rotatable bonds is 6. The average molecular weight is 435 g/mol. The Morgan fingerprint density at radius 1 is 1.10 bits per heavy atom. The van der Waals surface area contributed by atoms with Gasteiger partial charge in [-0.1, -0.05) is 38.1 Å². The maximum Gasteiger partial charge on any atom is 0.573 e. The topological polar surface area (TPSA) is 61.9 Å². The van der Waals surface area contributed by atoms with Gasteiger partial charge in [0, 0.05) is 25.6 Å². The van der Waals surface area contributed by atoms with Crippen molar-refractivity contribution in [1.29, 1.82) is 0 Å². The van der Waals surface area contributed by atoms with Crippen LogP contribution in [0.1, 0.15) is 25.8 Å². The van der Waals surface area contributed by atoms with E-state index in [0.717, 1.165) is 0 Å². The van der Waals surface area contributed by atoms with Crippen molar-refractivity contribution < 1.29 is 27.5 Å². The molecule has 0 radical (unpaired) electrons. The predicted octanol–water partition coefficient (Wildman–Crippen LogP) is 5.01. The number of carbonyl (C=O) groups is 2. The molecular formula is C22H24F3N3O3. The number of halogens is 3. The minimum atomic E-state index is -4.75. The average Bonchev–Trinajstić information content (AvgIpc) is 2.70. The molecule has 1 fully saturated rings. The summed E-state index contributed by atoms with van der Waals surface area (Å²) in [7, 11) is 0. The third kappa shape index (κ3) is 5.90. The van der Waals surface area contributed by atoms with Crippen LogP contribution in [0.25, 0.3) is 0 Å². The van der Waals surface area contributed by atoms with Crippen LogP contribution in [-0.2, 0) is 11.3 Å². The van der Waals surface area contributed by atoms with E-state index in [2.05, 4.69) is 10.1 Å². The van der Waals surface area contributed by atoms with Crippen molar-refractivity contribution in [2.75, 3.05) is 23.3 Å². The van der Waals surface area contributed by atoms with Crippen LogP contribution in [0.3, 0.4) is 0 Å². The zero-order chi connectivity index (χ0) is 22.6. The van der Waals surface area contributed by atoms with Crippen LogP contribution in [0, 0.1) is 5.92 Å². The Labute approximate surface area is 178 Å². The highest BCUT2D eigenvalue weighted by molar-refractivity contribution is 6.01. The molecule has 0 unspecified atom stereocenters. The van der Waals surface area contributed by atoms with Crippen LogP contribution in [-0.4, -0.2) is 36.3 Å². The number of alkyl halides is 3. The van der Waals surface area contributed by atoms with Gasteiger partial charge in [-0.3, -0.25) is 9.69 Å². The molecule has 0 spiro atoms. The molecule has 0 atom stereocenters. The van der Waals surface area contributed by atoms with Gasteiger partial charge in [0.15, 0.2) is 0 Å². The Hall–Kier alpha value is -3.23. The van der Waals surface area contributed by atoms with Gasteiger partial charge in [0.05, 0.1) is 11.4 Å². The number of ether oxygens (including phenoxy) is 1. The molecule has 31 heavy (non-hydrogen) atoms. The van der Waals surface area contributed by atoms with E-state index in [1.807, 2.05) is 0 Å². The largest absolute Gasteiger partial charge is 0.573 e. The molecule has 9 heteroatoms. The zero-order valence-electron chi connectivity index (χ0n) is 17.3. The number of hydrogen-bond acceptors (Lipinski definition) is 3. The van der Waals surface area contributed by atoms with Gasteiger partial charge in [0.1, 0.15) is 5.75 Å². The first-order chi connectivity index (χ1) is 14.6. The molecule has 3 amide bonds. The van der Waals surface area contributed by atoms with Crippen molar-refractivity contribution in [3.8, 4) is 5.75 Å². The molecule has 0 saturated carbocycles. The number of amides is 3. The molecule has 1 N–H and O–H groups in total. The summed E-state index contributed by atoms with van der Waals surface area (Å²) in [6, 6.07) is 12.4. The van der Waals surface area contributed by atoms with Crippen molar-refractivity contribution in [3.63, 3.8) is 0 Å². The van der Waals surface area contributed by atoms with Crippen LogP contribution in [0.15, 0.2) is 48.5 Å². The molecule has 0 bridgehead atoms. The summed E-state index contributed by atoms with van der Waals surface area (Å²) < 4.78 is 40.8. The lowest BCUT2D eigenvalue weighted by atomic mass is 10.1. The lowest BCUT2D eigenvalue weighted by Gasteiger charge is -2.36. The first-order valence-electron chi connectivity index (χ1n) is 9.95. The van der Waals surface area contributed by atoms with E-state index in [0.29, 0.717) is 36.4 Å². The number of hydrogen-bond donors (Lipinski definition) is 1.